The van der Waals surface area contributed by atoms with Gasteiger partial charge in [0.25, 0.3) is 0 Å². The number of anilines is 1. The molecule has 0 spiro atoms. The standard InChI is InChI=1S/C10H17N5O/c1-3-15(7-9(16)12-2)10-13-5-8(4-11)6-14-10/h5-6H,3-4,7,11H2,1-2H3,(H,12,16). The minimum absolute atomic E-state index is 0.0617. The molecule has 1 amide bonds. The zero-order chi connectivity index (χ0) is 12.0. The van der Waals surface area contributed by atoms with Crippen molar-refractivity contribution in [2.24, 2.45) is 5.73 Å². The van der Waals surface area contributed by atoms with Crippen molar-refractivity contribution in [1.82, 2.24) is 15.3 Å². The van der Waals surface area contributed by atoms with E-state index >= 15 is 0 Å². The van der Waals surface area contributed by atoms with Crippen molar-refractivity contribution >= 4 is 11.9 Å². The molecule has 1 aromatic heterocycles. The summed E-state index contributed by atoms with van der Waals surface area (Å²) in [5, 5.41) is 2.57. The molecule has 0 unspecified atom stereocenters. The van der Waals surface area contributed by atoms with Crippen molar-refractivity contribution in [3.8, 4) is 0 Å². The van der Waals surface area contributed by atoms with Crippen molar-refractivity contribution in [3.63, 3.8) is 0 Å². The second kappa shape index (κ2) is 6.02. The van der Waals surface area contributed by atoms with E-state index in [9.17, 15) is 4.79 Å². The summed E-state index contributed by atoms with van der Waals surface area (Å²) in [5.41, 5.74) is 6.33. The molecule has 6 heteroatoms. The Morgan fingerprint density at radius 3 is 2.56 bits per heavy atom. The van der Waals surface area contributed by atoms with Gasteiger partial charge in [0.05, 0.1) is 6.54 Å². The van der Waals surface area contributed by atoms with Crippen molar-refractivity contribution in [3.05, 3.63) is 18.0 Å². The molecular weight excluding hydrogens is 206 g/mol. The topological polar surface area (TPSA) is 84.1 Å². The summed E-state index contributed by atoms with van der Waals surface area (Å²) in [6.45, 7) is 3.30. The maximum atomic E-state index is 11.2. The Morgan fingerprint density at radius 1 is 1.50 bits per heavy atom. The van der Waals surface area contributed by atoms with E-state index in [0.29, 0.717) is 19.0 Å². The predicted molar refractivity (Wildman–Crippen MR) is 61.9 cm³/mol. The molecule has 0 radical (unpaired) electrons. The molecule has 88 valence electrons. The average molecular weight is 223 g/mol. The number of hydrogen-bond acceptors (Lipinski definition) is 5. The molecule has 1 aromatic rings. The Bertz CT molecular complexity index is 338. The number of nitrogens with two attached hydrogens (primary N) is 1. The number of nitrogens with one attached hydrogen (secondary N) is 1. The highest BCUT2D eigenvalue weighted by atomic mass is 16.1. The van der Waals surface area contributed by atoms with Crippen LogP contribution < -0.4 is 16.0 Å². The lowest BCUT2D eigenvalue weighted by Crippen LogP contribution is -2.36. The summed E-state index contributed by atoms with van der Waals surface area (Å²) < 4.78 is 0. The number of carbonyl (C=O) groups is 1. The van der Waals surface area contributed by atoms with E-state index in [2.05, 4.69) is 15.3 Å². The molecule has 0 fully saturated rings. The first kappa shape index (κ1) is 12.4. The Morgan fingerprint density at radius 2 is 2.12 bits per heavy atom. The van der Waals surface area contributed by atoms with E-state index in [4.69, 9.17) is 5.73 Å². The quantitative estimate of drug-likeness (QED) is 0.703. The van der Waals surface area contributed by atoms with Gasteiger partial charge >= 0.3 is 0 Å². The van der Waals surface area contributed by atoms with Gasteiger partial charge in [0, 0.05) is 38.1 Å². The summed E-state index contributed by atoms with van der Waals surface area (Å²) >= 11 is 0. The van der Waals surface area contributed by atoms with Gasteiger partial charge in [0.15, 0.2) is 0 Å². The largest absolute Gasteiger partial charge is 0.358 e. The van der Waals surface area contributed by atoms with Gasteiger partial charge in [-0.2, -0.15) is 0 Å². The minimum atomic E-state index is -0.0617. The lowest BCUT2D eigenvalue weighted by atomic mass is 10.3. The third-order valence-electron chi connectivity index (χ3n) is 2.21. The molecule has 1 rings (SSSR count). The SMILES string of the molecule is CCN(CC(=O)NC)c1ncc(CN)cn1. The number of carbonyl (C=O) groups excluding carboxylic acids is 1. The molecule has 0 atom stereocenters. The average Bonchev–Trinajstić information content (AvgIpc) is 2.35. The van der Waals surface area contributed by atoms with Crippen LogP contribution >= 0.6 is 0 Å². The zero-order valence-electron chi connectivity index (χ0n) is 9.60. The molecule has 0 bridgehead atoms. The van der Waals surface area contributed by atoms with E-state index in [1.807, 2.05) is 6.92 Å². The van der Waals surface area contributed by atoms with Gasteiger partial charge < -0.3 is 16.0 Å². The van der Waals surface area contributed by atoms with E-state index < -0.39 is 0 Å². The van der Waals surface area contributed by atoms with Crippen LogP contribution in [0.15, 0.2) is 12.4 Å². The van der Waals surface area contributed by atoms with Gasteiger partial charge in [-0.3, -0.25) is 4.79 Å². The maximum absolute atomic E-state index is 11.2. The predicted octanol–water partition coefficient (Wildman–Crippen LogP) is -0.492. The molecule has 0 aliphatic rings. The Hall–Kier alpha value is -1.69. The smallest absolute Gasteiger partial charge is 0.239 e. The van der Waals surface area contributed by atoms with Crippen LogP contribution in [-0.4, -0.2) is 36.0 Å². The van der Waals surface area contributed by atoms with Crippen LogP contribution in [0, 0.1) is 0 Å². The molecule has 0 aliphatic heterocycles. The fraction of sp³-hybridized carbons (Fsp3) is 0.500. The Kier molecular flexibility index (Phi) is 4.65. The highest BCUT2D eigenvalue weighted by Crippen LogP contribution is 2.05. The molecule has 16 heavy (non-hydrogen) atoms. The maximum Gasteiger partial charge on any atom is 0.239 e. The van der Waals surface area contributed by atoms with Crippen LogP contribution in [0.3, 0.4) is 0 Å². The number of aromatic nitrogens is 2. The Labute approximate surface area is 94.9 Å². The van der Waals surface area contributed by atoms with Crippen LogP contribution in [0.2, 0.25) is 0 Å². The first-order chi connectivity index (χ1) is 7.71. The summed E-state index contributed by atoms with van der Waals surface area (Å²) in [6.07, 6.45) is 3.35. The van der Waals surface area contributed by atoms with Crippen LogP contribution in [0.1, 0.15) is 12.5 Å². The molecule has 0 aliphatic carbocycles. The summed E-state index contributed by atoms with van der Waals surface area (Å²) in [5.74, 6) is 0.483. The van der Waals surface area contributed by atoms with Crippen LogP contribution in [-0.2, 0) is 11.3 Å². The summed E-state index contributed by atoms with van der Waals surface area (Å²) in [7, 11) is 1.61. The van der Waals surface area contributed by atoms with E-state index in [1.165, 1.54) is 0 Å². The monoisotopic (exact) mass is 223 g/mol. The highest BCUT2D eigenvalue weighted by Gasteiger charge is 2.10. The number of nitrogens with zero attached hydrogens (tertiary/aromatic N) is 3. The van der Waals surface area contributed by atoms with Gasteiger partial charge in [-0.25, -0.2) is 9.97 Å². The van der Waals surface area contributed by atoms with E-state index in [1.54, 1.807) is 24.3 Å². The summed E-state index contributed by atoms with van der Waals surface area (Å²) in [6, 6.07) is 0. The Balaban J connectivity index is 2.74. The lowest BCUT2D eigenvalue weighted by Gasteiger charge is -2.19. The van der Waals surface area contributed by atoms with Gasteiger partial charge in [0.1, 0.15) is 0 Å². The molecular formula is C10H17N5O. The van der Waals surface area contributed by atoms with Gasteiger partial charge in [0.2, 0.25) is 11.9 Å². The third kappa shape index (κ3) is 3.16. The molecule has 1 heterocycles. The van der Waals surface area contributed by atoms with E-state index in [-0.39, 0.29) is 12.5 Å². The van der Waals surface area contributed by atoms with Gasteiger partial charge in [-0.05, 0) is 6.92 Å². The highest BCUT2D eigenvalue weighted by molar-refractivity contribution is 5.80. The van der Waals surface area contributed by atoms with Crippen LogP contribution in [0.5, 0.6) is 0 Å². The molecule has 0 aromatic carbocycles. The first-order valence-electron chi connectivity index (χ1n) is 5.17. The number of amides is 1. The van der Waals surface area contributed by atoms with Gasteiger partial charge in [-0.1, -0.05) is 0 Å². The van der Waals surface area contributed by atoms with Crippen molar-refractivity contribution in [1.29, 1.82) is 0 Å². The zero-order valence-corrected chi connectivity index (χ0v) is 9.60. The normalized spacial score (nSPS) is 9.94. The third-order valence-corrected chi connectivity index (χ3v) is 2.21. The molecule has 0 saturated heterocycles. The van der Waals surface area contributed by atoms with Crippen LogP contribution in [0.4, 0.5) is 5.95 Å². The van der Waals surface area contributed by atoms with Gasteiger partial charge in [-0.15, -0.1) is 0 Å². The van der Waals surface area contributed by atoms with Crippen molar-refractivity contribution in [2.75, 3.05) is 25.0 Å². The lowest BCUT2D eigenvalue weighted by molar-refractivity contribution is -0.119. The fourth-order valence-electron chi connectivity index (χ4n) is 1.19. The molecule has 0 saturated carbocycles. The second-order valence-corrected chi connectivity index (χ2v) is 3.28. The molecule has 3 N–H and O–H groups in total. The number of likely N-dealkylation sites (N-methyl/N-ethyl adjacent to an activating group) is 2. The second-order valence-electron chi connectivity index (χ2n) is 3.28. The fourth-order valence-corrected chi connectivity index (χ4v) is 1.19. The minimum Gasteiger partial charge on any atom is -0.358 e. The number of hydrogen-bond donors (Lipinski definition) is 2. The van der Waals surface area contributed by atoms with Crippen LogP contribution in [0.25, 0.3) is 0 Å². The van der Waals surface area contributed by atoms with E-state index in [0.717, 1.165) is 5.56 Å². The van der Waals surface area contributed by atoms with Crippen molar-refractivity contribution < 1.29 is 4.79 Å². The van der Waals surface area contributed by atoms with Crippen molar-refractivity contribution in [2.45, 2.75) is 13.5 Å². The summed E-state index contributed by atoms with van der Waals surface area (Å²) in [4.78, 5) is 21.4. The number of rotatable bonds is 5. The molecule has 6 nitrogen and oxygen atoms in total. The first-order valence-corrected chi connectivity index (χ1v) is 5.17.